The maximum absolute atomic E-state index is 12.1. The number of rotatable bonds is 12. The molecule has 0 aliphatic carbocycles. The van der Waals surface area contributed by atoms with Crippen molar-refractivity contribution in [3.05, 3.63) is 0 Å². The number of aliphatic hydroxyl groups is 1. The van der Waals surface area contributed by atoms with Gasteiger partial charge in [-0.25, -0.2) is 4.79 Å². The van der Waals surface area contributed by atoms with E-state index in [2.05, 4.69) is 10.6 Å². The van der Waals surface area contributed by atoms with Crippen LogP contribution in [0.5, 0.6) is 0 Å². The molecule has 0 aliphatic heterocycles. The summed E-state index contributed by atoms with van der Waals surface area (Å²) < 4.78 is 0. The van der Waals surface area contributed by atoms with Crippen LogP contribution in [0.4, 0.5) is 0 Å². The SMILES string of the molecule is CSCCC(NC(=O)C(N)CCC(=O)O)C(=O)NC(CO)C(=O)O. The molecule has 0 heterocycles. The van der Waals surface area contributed by atoms with Crippen molar-refractivity contribution < 1.29 is 34.5 Å². The van der Waals surface area contributed by atoms with Gasteiger partial charge in [-0.3, -0.25) is 14.4 Å². The van der Waals surface area contributed by atoms with Gasteiger partial charge in [0, 0.05) is 6.42 Å². The molecule has 11 heteroatoms. The fourth-order valence-corrected chi connectivity index (χ4v) is 2.12. The van der Waals surface area contributed by atoms with Crippen LogP contribution >= 0.6 is 11.8 Å². The van der Waals surface area contributed by atoms with Crippen LogP contribution in [-0.4, -0.2) is 75.8 Å². The van der Waals surface area contributed by atoms with E-state index in [1.165, 1.54) is 11.8 Å². The van der Waals surface area contributed by atoms with E-state index < -0.39 is 48.5 Å². The Kier molecular flexibility index (Phi) is 10.8. The average molecular weight is 365 g/mol. The van der Waals surface area contributed by atoms with E-state index in [0.717, 1.165) is 0 Å². The largest absolute Gasteiger partial charge is 0.481 e. The van der Waals surface area contributed by atoms with Crippen LogP contribution in [0.25, 0.3) is 0 Å². The second kappa shape index (κ2) is 11.6. The Labute approximate surface area is 143 Å². The lowest BCUT2D eigenvalue weighted by Gasteiger charge is -2.22. The molecule has 0 rings (SSSR count). The van der Waals surface area contributed by atoms with Gasteiger partial charge in [0.05, 0.1) is 12.6 Å². The van der Waals surface area contributed by atoms with Crippen molar-refractivity contribution in [3.63, 3.8) is 0 Å². The number of carbonyl (C=O) groups excluding carboxylic acids is 2. The number of hydrogen-bond donors (Lipinski definition) is 6. The molecule has 0 aromatic carbocycles. The molecule has 2 amide bonds. The fraction of sp³-hybridized carbons (Fsp3) is 0.692. The predicted octanol–water partition coefficient (Wildman–Crippen LogP) is -2.02. The van der Waals surface area contributed by atoms with Crippen LogP contribution in [0.1, 0.15) is 19.3 Å². The monoisotopic (exact) mass is 365 g/mol. The van der Waals surface area contributed by atoms with E-state index in [1.807, 2.05) is 0 Å². The van der Waals surface area contributed by atoms with Gasteiger partial charge >= 0.3 is 11.9 Å². The van der Waals surface area contributed by atoms with Gasteiger partial charge in [-0.2, -0.15) is 11.8 Å². The summed E-state index contributed by atoms with van der Waals surface area (Å²) in [4.78, 5) is 45.4. The molecule has 0 bridgehead atoms. The summed E-state index contributed by atoms with van der Waals surface area (Å²) in [6, 6.07) is -3.61. The highest BCUT2D eigenvalue weighted by Gasteiger charge is 2.27. The number of aliphatic hydroxyl groups excluding tert-OH is 1. The Morgan fingerprint density at radius 3 is 2.08 bits per heavy atom. The van der Waals surface area contributed by atoms with E-state index in [4.69, 9.17) is 21.1 Å². The van der Waals surface area contributed by atoms with Crippen molar-refractivity contribution in [1.29, 1.82) is 0 Å². The van der Waals surface area contributed by atoms with Gasteiger partial charge in [-0.05, 0) is 24.9 Å². The van der Waals surface area contributed by atoms with Gasteiger partial charge in [-0.15, -0.1) is 0 Å². The first-order chi connectivity index (χ1) is 11.2. The molecule has 24 heavy (non-hydrogen) atoms. The Morgan fingerprint density at radius 1 is 1.04 bits per heavy atom. The summed E-state index contributed by atoms with van der Waals surface area (Å²) in [5.74, 6) is -3.45. The van der Waals surface area contributed by atoms with E-state index in [-0.39, 0.29) is 19.3 Å². The number of hydrogen-bond acceptors (Lipinski definition) is 7. The minimum atomic E-state index is -1.48. The zero-order valence-electron chi connectivity index (χ0n) is 13.2. The minimum Gasteiger partial charge on any atom is -0.481 e. The Hall–Kier alpha value is -1.85. The fourth-order valence-electron chi connectivity index (χ4n) is 1.65. The minimum absolute atomic E-state index is 0.0908. The summed E-state index contributed by atoms with van der Waals surface area (Å²) in [5.41, 5.74) is 5.57. The lowest BCUT2D eigenvalue weighted by Crippen LogP contribution is -2.55. The molecule has 0 saturated carbocycles. The maximum atomic E-state index is 12.1. The quantitative estimate of drug-likeness (QED) is 0.227. The van der Waals surface area contributed by atoms with Crippen molar-refractivity contribution in [2.45, 2.75) is 37.4 Å². The van der Waals surface area contributed by atoms with Gasteiger partial charge < -0.3 is 31.7 Å². The predicted molar refractivity (Wildman–Crippen MR) is 86.4 cm³/mol. The Bertz CT molecular complexity index is 461. The van der Waals surface area contributed by atoms with Crippen LogP contribution in [0, 0.1) is 0 Å². The molecule has 0 spiro atoms. The van der Waals surface area contributed by atoms with Gasteiger partial charge in [-0.1, -0.05) is 0 Å². The highest BCUT2D eigenvalue weighted by atomic mass is 32.2. The first-order valence-electron chi connectivity index (χ1n) is 7.13. The Balaban J connectivity index is 4.79. The summed E-state index contributed by atoms with van der Waals surface area (Å²) in [5, 5.41) is 30.8. The highest BCUT2D eigenvalue weighted by molar-refractivity contribution is 7.98. The van der Waals surface area contributed by atoms with Gasteiger partial charge in [0.15, 0.2) is 0 Å². The second-order valence-electron chi connectivity index (χ2n) is 4.96. The number of carbonyl (C=O) groups is 4. The van der Waals surface area contributed by atoms with E-state index >= 15 is 0 Å². The topological polar surface area (TPSA) is 179 Å². The van der Waals surface area contributed by atoms with Crippen LogP contribution in [-0.2, 0) is 19.2 Å². The highest BCUT2D eigenvalue weighted by Crippen LogP contribution is 2.03. The van der Waals surface area contributed by atoms with Gasteiger partial charge in [0.1, 0.15) is 12.1 Å². The van der Waals surface area contributed by atoms with Crippen LogP contribution in [0.15, 0.2) is 0 Å². The normalized spacial score (nSPS) is 14.3. The smallest absolute Gasteiger partial charge is 0.328 e. The zero-order chi connectivity index (χ0) is 18.7. The zero-order valence-corrected chi connectivity index (χ0v) is 14.0. The Morgan fingerprint density at radius 2 is 1.62 bits per heavy atom. The first kappa shape index (κ1) is 22.1. The second-order valence-corrected chi connectivity index (χ2v) is 5.95. The number of carboxylic acid groups (broad SMARTS) is 2. The van der Waals surface area contributed by atoms with Crippen molar-refractivity contribution in [2.24, 2.45) is 5.73 Å². The number of aliphatic carboxylic acids is 2. The van der Waals surface area contributed by atoms with Gasteiger partial charge in [0.2, 0.25) is 11.8 Å². The van der Waals surface area contributed by atoms with Crippen LogP contribution < -0.4 is 16.4 Å². The van der Waals surface area contributed by atoms with Crippen LogP contribution in [0.2, 0.25) is 0 Å². The third-order valence-electron chi connectivity index (χ3n) is 3.05. The van der Waals surface area contributed by atoms with Crippen molar-refractivity contribution in [3.8, 4) is 0 Å². The molecule has 0 aliphatic rings. The van der Waals surface area contributed by atoms with Gasteiger partial charge in [0.25, 0.3) is 0 Å². The molecular formula is C13H23N3O7S. The van der Waals surface area contributed by atoms with E-state index in [9.17, 15) is 19.2 Å². The standard InChI is InChI=1S/C13H23N3O7S/c1-24-5-4-8(12(21)16-9(6-17)13(22)23)15-11(20)7(14)2-3-10(18)19/h7-9,17H,2-6,14H2,1H3,(H,15,20)(H,16,21)(H,18,19)(H,22,23). The third kappa shape index (κ3) is 8.70. The molecule has 0 saturated heterocycles. The number of thioether (sulfide) groups is 1. The number of carboxylic acids is 2. The molecule has 0 aromatic rings. The van der Waals surface area contributed by atoms with Crippen molar-refractivity contribution in [1.82, 2.24) is 10.6 Å². The number of amides is 2. The number of nitrogens with two attached hydrogens (primary N) is 1. The van der Waals surface area contributed by atoms with E-state index in [1.54, 1.807) is 6.26 Å². The molecule has 0 radical (unpaired) electrons. The summed E-state index contributed by atoms with van der Waals surface area (Å²) in [6.45, 7) is -0.789. The lowest BCUT2D eigenvalue weighted by molar-refractivity contribution is -0.143. The molecular weight excluding hydrogens is 342 g/mol. The summed E-state index contributed by atoms with van der Waals surface area (Å²) in [7, 11) is 0. The van der Waals surface area contributed by atoms with Crippen LogP contribution in [0.3, 0.4) is 0 Å². The lowest BCUT2D eigenvalue weighted by atomic mass is 10.1. The molecule has 7 N–H and O–H groups in total. The first-order valence-corrected chi connectivity index (χ1v) is 8.53. The molecule has 3 atom stereocenters. The van der Waals surface area contributed by atoms with Crippen molar-refractivity contribution >= 4 is 35.5 Å². The number of nitrogens with one attached hydrogen (secondary N) is 2. The maximum Gasteiger partial charge on any atom is 0.328 e. The molecule has 0 aromatic heterocycles. The molecule has 138 valence electrons. The molecule has 0 fully saturated rings. The summed E-state index contributed by atoms with van der Waals surface area (Å²) in [6.07, 6.45) is 1.64. The van der Waals surface area contributed by atoms with E-state index in [0.29, 0.717) is 5.75 Å². The van der Waals surface area contributed by atoms with Crippen molar-refractivity contribution in [2.75, 3.05) is 18.6 Å². The summed E-state index contributed by atoms with van der Waals surface area (Å²) >= 11 is 1.42. The molecule has 10 nitrogen and oxygen atoms in total. The third-order valence-corrected chi connectivity index (χ3v) is 3.69. The molecule has 3 unspecified atom stereocenters. The average Bonchev–Trinajstić information content (AvgIpc) is 2.52.